The topological polar surface area (TPSA) is 66.7 Å². The lowest BCUT2D eigenvalue weighted by Crippen LogP contribution is -2.46. The third kappa shape index (κ3) is 4.56. The number of hydrogen-bond acceptors (Lipinski definition) is 4. The van der Waals surface area contributed by atoms with Crippen molar-refractivity contribution in [3.63, 3.8) is 0 Å². The Morgan fingerprint density at radius 2 is 1.45 bits per heavy atom. The highest BCUT2D eigenvalue weighted by Gasteiger charge is 2.51. The molecule has 33 heavy (non-hydrogen) atoms. The molecule has 1 atom stereocenters. The Morgan fingerprint density at radius 1 is 0.879 bits per heavy atom. The van der Waals surface area contributed by atoms with Crippen molar-refractivity contribution in [1.29, 1.82) is 0 Å². The van der Waals surface area contributed by atoms with Crippen LogP contribution in [-0.2, 0) is 22.4 Å². The van der Waals surface area contributed by atoms with E-state index in [1.807, 2.05) is 70.5 Å². The number of carbonyl (C=O) groups excluding carboxylic acids is 2. The summed E-state index contributed by atoms with van der Waals surface area (Å²) in [4.78, 5) is 34.4. The van der Waals surface area contributed by atoms with Gasteiger partial charge in [0, 0.05) is 31.6 Å². The van der Waals surface area contributed by atoms with Crippen molar-refractivity contribution in [1.82, 2.24) is 14.8 Å². The predicted molar refractivity (Wildman–Crippen MR) is 124 cm³/mol. The molecule has 0 bridgehead atoms. The standard InChI is InChI=1S/C27H29N3O3/c31-24(17-21-7-3-1-4-8-21)29-14-11-27(12-15-29)20-30(19-23(27)26-28-13-16-33-26)25(32)18-22-9-5-2-6-10-22/h1-10,13,16,23H,11-12,14-15,17-20H2. The first-order valence-electron chi connectivity index (χ1n) is 11.7. The number of oxazole rings is 1. The van der Waals surface area contributed by atoms with Gasteiger partial charge in [-0.2, -0.15) is 0 Å². The predicted octanol–water partition coefficient (Wildman–Crippen LogP) is 3.69. The second-order valence-electron chi connectivity index (χ2n) is 9.27. The molecule has 2 fully saturated rings. The highest BCUT2D eigenvalue weighted by atomic mass is 16.3. The lowest BCUT2D eigenvalue weighted by molar-refractivity contribution is -0.134. The summed E-state index contributed by atoms with van der Waals surface area (Å²) in [5.41, 5.74) is 1.96. The normalized spacial score (nSPS) is 19.7. The first-order valence-corrected chi connectivity index (χ1v) is 11.7. The van der Waals surface area contributed by atoms with Crippen molar-refractivity contribution in [3.8, 4) is 0 Å². The molecule has 6 heteroatoms. The van der Waals surface area contributed by atoms with Crippen LogP contribution >= 0.6 is 0 Å². The van der Waals surface area contributed by atoms with E-state index in [0.717, 1.165) is 24.0 Å². The maximum absolute atomic E-state index is 13.1. The summed E-state index contributed by atoms with van der Waals surface area (Å²) >= 11 is 0. The monoisotopic (exact) mass is 443 g/mol. The molecule has 2 aliphatic rings. The molecule has 0 aliphatic carbocycles. The Balaban J connectivity index is 1.28. The summed E-state index contributed by atoms with van der Waals surface area (Å²) in [6.45, 7) is 2.70. The molecule has 2 saturated heterocycles. The Morgan fingerprint density at radius 3 is 2.00 bits per heavy atom. The highest BCUT2D eigenvalue weighted by Crippen LogP contribution is 2.49. The van der Waals surface area contributed by atoms with Crippen molar-refractivity contribution in [2.75, 3.05) is 26.2 Å². The van der Waals surface area contributed by atoms with Gasteiger partial charge in [-0.3, -0.25) is 9.59 Å². The van der Waals surface area contributed by atoms with Crippen molar-refractivity contribution < 1.29 is 14.0 Å². The number of likely N-dealkylation sites (tertiary alicyclic amines) is 2. The van der Waals surface area contributed by atoms with E-state index in [0.29, 0.717) is 44.9 Å². The Hall–Kier alpha value is -3.41. The number of amides is 2. The number of rotatable bonds is 5. The number of aromatic nitrogens is 1. The van der Waals surface area contributed by atoms with E-state index >= 15 is 0 Å². The number of nitrogens with zero attached hydrogens (tertiary/aromatic N) is 3. The molecule has 2 aliphatic heterocycles. The molecule has 1 aromatic heterocycles. The van der Waals surface area contributed by atoms with Crippen LogP contribution in [0.2, 0.25) is 0 Å². The minimum Gasteiger partial charge on any atom is -0.449 e. The van der Waals surface area contributed by atoms with Crippen molar-refractivity contribution in [3.05, 3.63) is 90.1 Å². The van der Waals surface area contributed by atoms with Gasteiger partial charge < -0.3 is 14.2 Å². The van der Waals surface area contributed by atoms with Gasteiger partial charge in [0.05, 0.1) is 25.0 Å². The SMILES string of the molecule is O=C(Cc1ccccc1)N1CCC2(CC1)CN(C(=O)Cc1ccccc1)CC2c1ncco1. The van der Waals surface area contributed by atoms with Gasteiger partial charge in [-0.15, -0.1) is 0 Å². The van der Waals surface area contributed by atoms with E-state index in [2.05, 4.69) is 4.98 Å². The van der Waals surface area contributed by atoms with Gasteiger partial charge in [-0.25, -0.2) is 4.98 Å². The average molecular weight is 444 g/mol. The molecule has 3 aromatic rings. The third-order valence-corrected chi connectivity index (χ3v) is 7.26. The first kappa shape index (κ1) is 21.4. The molecular formula is C27H29N3O3. The van der Waals surface area contributed by atoms with Gasteiger partial charge in [0.2, 0.25) is 11.8 Å². The zero-order valence-electron chi connectivity index (χ0n) is 18.7. The fraction of sp³-hybridized carbons (Fsp3) is 0.370. The van der Waals surface area contributed by atoms with E-state index in [9.17, 15) is 9.59 Å². The molecule has 0 radical (unpaired) electrons. The van der Waals surface area contributed by atoms with E-state index in [1.54, 1.807) is 12.5 Å². The molecule has 0 saturated carbocycles. The maximum atomic E-state index is 13.1. The van der Waals surface area contributed by atoms with Gasteiger partial charge in [-0.05, 0) is 24.0 Å². The van der Waals surface area contributed by atoms with Crippen LogP contribution in [0.4, 0.5) is 0 Å². The number of carbonyl (C=O) groups is 2. The number of benzene rings is 2. The fourth-order valence-corrected chi connectivity index (χ4v) is 5.38. The molecule has 2 aromatic carbocycles. The molecule has 6 nitrogen and oxygen atoms in total. The van der Waals surface area contributed by atoms with Crippen LogP contribution < -0.4 is 0 Å². The Labute approximate surface area is 194 Å². The van der Waals surface area contributed by atoms with Crippen molar-refractivity contribution in [2.24, 2.45) is 5.41 Å². The smallest absolute Gasteiger partial charge is 0.227 e. The van der Waals surface area contributed by atoms with E-state index in [1.165, 1.54) is 0 Å². The summed E-state index contributed by atoms with van der Waals surface area (Å²) in [6, 6.07) is 19.8. The summed E-state index contributed by atoms with van der Waals surface area (Å²) < 4.78 is 5.72. The van der Waals surface area contributed by atoms with Gasteiger partial charge in [0.15, 0.2) is 5.89 Å². The zero-order chi connectivity index (χ0) is 22.7. The number of piperidine rings is 1. The Kier molecular flexibility index (Phi) is 5.99. The molecule has 1 unspecified atom stereocenters. The average Bonchev–Trinajstić information content (AvgIpc) is 3.49. The van der Waals surface area contributed by atoms with Crippen molar-refractivity contribution >= 4 is 11.8 Å². The van der Waals surface area contributed by atoms with Crippen LogP contribution in [0.25, 0.3) is 0 Å². The van der Waals surface area contributed by atoms with Gasteiger partial charge in [0.25, 0.3) is 0 Å². The lowest BCUT2D eigenvalue weighted by Gasteiger charge is -2.41. The minimum absolute atomic E-state index is 0.0543. The lowest BCUT2D eigenvalue weighted by atomic mass is 9.70. The summed E-state index contributed by atoms with van der Waals surface area (Å²) in [5.74, 6) is 1.06. The second kappa shape index (κ2) is 9.22. The fourth-order valence-electron chi connectivity index (χ4n) is 5.38. The molecule has 1 spiro atoms. The third-order valence-electron chi connectivity index (χ3n) is 7.26. The van der Waals surface area contributed by atoms with Crippen LogP contribution in [0.15, 0.2) is 77.5 Å². The number of hydrogen-bond donors (Lipinski definition) is 0. The van der Waals surface area contributed by atoms with Crippen LogP contribution in [0.1, 0.15) is 35.8 Å². The van der Waals surface area contributed by atoms with Gasteiger partial charge >= 0.3 is 0 Å². The van der Waals surface area contributed by atoms with Crippen LogP contribution in [-0.4, -0.2) is 52.8 Å². The maximum Gasteiger partial charge on any atom is 0.227 e. The highest BCUT2D eigenvalue weighted by molar-refractivity contribution is 5.80. The second-order valence-corrected chi connectivity index (χ2v) is 9.27. The van der Waals surface area contributed by atoms with Crippen molar-refractivity contribution in [2.45, 2.75) is 31.6 Å². The summed E-state index contributed by atoms with van der Waals surface area (Å²) in [7, 11) is 0. The quantitative estimate of drug-likeness (QED) is 0.603. The van der Waals surface area contributed by atoms with E-state index in [-0.39, 0.29) is 23.1 Å². The minimum atomic E-state index is -0.110. The molecule has 5 rings (SSSR count). The molecule has 0 N–H and O–H groups in total. The van der Waals surface area contributed by atoms with E-state index in [4.69, 9.17) is 4.42 Å². The molecule has 2 amide bonds. The van der Waals surface area contributed by atoms with Crippen LogP contribution in [0.5, 0.6) is 0 Å². The largest absolute Gasteiger partial charge is 0.449 e. The molecule has 3 heterocycles. The summed E-state index contributed by atoms with van der Waals surface area (Å²) in [5, 5.41) is 0. The first-order chi connectivity index (χ1) is 16.1. The molecule has 170 valence electrons. The Bertz CT molecular complexity index is 1070. The van der Waals surface area contributed by atoms with Crippen LogP contribution in [0, 0.1) is 5.41 Å². The zero-order valence-corrected chi connectivity index (χ0v) is 18.7. The molecular weight excluding hydrogens is 414 g/mol. The van der Waals surface area contributed by atoms with E-state index < -0.39 is 0 Å². The van der Waals surface area contributed by atoms with Gasteiger partial charge in [-0.1, -0.05) is 60.7 Å². The van der Waals surface area contributed by atoms with Crippen LogP contribution in [0.3, 0.4) is 0 Å². The summed E-state index contributed by atoms with van der Waals surface area (Å²) in [6.07, 6.45) is 5.80. The van der Waals surface area contributed by atoms with Gasteiger partial charge in [0.1, 0.15) is 6.26 Å².